The van der Waals surface area contributed by atoms with Crippen molar-refractivity contribution in [1.29, 1.82) is 0 Å². The van der Waals surface area contributed by atoms with Gasteiger partial charge in [-0.2, -0.15) is 0 Å². The molecule has 13 heavy (non-hydrogen) atoms. The van der Waals surface area contributed by atoms with Crippen LogP contribution in [0.25, 0.3) is 0 Å². The second kappa shape index (κ2) is 2.47. The molecule has 1 heterocycles. The fourth-order valence-electron chi connectivity index (χ4n) is 1.87. The lowest BCUT2D eigenvalue weighted by Gasteiger charge is -2.04. The smallest absolute Gasteiger partial charge is 0.225 e. The molecule has 2 aliphatic carbocycles. The predicted octanol–water partition coefficient (Wildman–Crippen LogP) is 2.39. The Labute approximate surface area is 82.1 Å². The van der Waals surface area contributed by atoms with Crippen LogP contribution in [0.15, 0.2) is 0 Å². The number of hydrogen-bond donors (Lipinski definition) is 0. The minimum absolute atomic E-state index is 0.580. The quantitative estimate of drug-likeness (QED) is 0.729. The number of rotatable bonds is 2. The Bertz CT molecular complexity index is 343. The molecule has 1 aromatic rings. The fraction of sp³-hybridized carbons (Fsp3) is 0.778. The van der Waals surface area contributed by atoms with Gasteiger partial charge in [0.25, 0.3) is 0 Å². The first-order valence-electron chi connectivity index (χ1n) is 4.87. The van der Waals surface area contributed by atoms with Crippen molar-refractivity contribution in [2.24, 2.45) is 5.92 Å². The van der Waals surface area contributed by atoms with E-state index >= 15 is 0 Å². The molecule has 70 valence electrons. The molecule has 2 fully saturated rings. The predicted molar refractivity (Wildman–Crippen MR) is 49.8 cm³/mol. The molecule has 0 spiro atoms. The maximum atomic E-state index is 6.01. The molecule has 0 aliphatic heterocycles. The van der Waals surface area contributed by atoms with Gasteiger partial charge in [0, 0.05) is 12.0 Å². The van der Waals surface area contributed by atoms with E-state index in [2.05, 4.69) is 21.7 Å². The molecule has 0 N–H and O–H groups in total. The van der Waals surface area contributed by atoms with Crippen molar-refractivity contribution in [2.45, 2.75) is 38.1 Å². The van der Waals surface area contributed by atoms with Gasteiger partial charge >= 0.3 is 0 Å². The lowest BCUT2D eigenvalue weighted by atomic mass is 10.4. The Hall–Kier alpha value is -0.570. The van der Waals surface area contributed by atoms with Crippen LogP contribution in [0.2, 0.25) is 5.28 Å². The van der Waals surface area contributed by atoms with Crippen LogP contribution in [0.4, 0.5) is 0 Å². The Balaban J connectivity index is 1.99. The third-order valence-corrected chi connectivity index (χ3v) is 3.28. The third-order valence-electron chi connectivity index (χ3n) is 3.02. The third kappa shape index (κ3) is 1.17. The molecule has 4 heteroatoms. The second-order valence-electron chi connectivity index (χ2n) is 4.25. The van der Waals surface area contributed by atoms with Crippen LogP contribution < -0.4 is 0 Å². The van der Waals surface area contributed by atoms with Crippen molar-refractivity contribution in [3.63, 3.8) is 0 Å². The van der Waals surface area contributed by atoms with Crippen molar-refractivity contribution >= 4 is 11.6 Å². The van der Waals surface area contributed by atoms with Crippen molar-refractivity contribution in [1.82, 2.24) is 14.8 Å². The second-order valence-corrected chi connectivity index (χ2v) is 4.59. The Kier molecular flexibility index (Phi) is 1.48. The van der Waals surface area contributed by atoms with Crippen LogP contribution in [0.3, 0.4) is 0 Å². The average molecular weight is 198 g/mol. The lowest BCUT2D eigenvalue weighted by Crippen LogP contribution is -2.01. The van der Waals surface area contributed by atoms with E-state index in [9.17, 15) is 0 Å². The summed E-state index contributed by atoms with van der Waals surface area (Å²) in [6.07, 6.45) is 3.75. The maximum absolute atomic E-state index is 6.01. The summed E-state index contributed by atoms with van der Waals surface area (Å²) in [6.45, 7) is 2.25. The van der Waals surface area contributed by atoms with Gasteiger partial charge in [0.2, 0.25) is 5.28 Å². The summed E-state index contributed by atoms with van der Waals surface area (Å²) in [5.74, 6) is 2.53. The zero-order valence-corrected chi connectivity index (χ0v) is 8.33. The van der Waals surface area contributed by atoms with Gasteiger partial charge in [0.05, 0.1) is 0 Å². The highest BCUT2D eigenvalue weighted by atomic mass is 35.5. The summed E-state index contributed by atoms with van der Waals surface area (Å²) < 4.78 is 2.14. The Morgan fingerprint density at radius 1 is 1.38 bits per heavy atom. The fourth-order valence-corrected chi connectivity index (χ4v) is 2.12. The van der Waals surface area contributed by atoms with E-state index in [1.165, 1.54) is 19.3 Å². The SMILES string of the molecule is CC1CC1n1c(Cl)nnc1C1CC1. The van der Waals surface area contributed by atoms with Crippen LogP contribution in [-0.2, 0) is 0 Å². The first-order chi connectivity index (χ1) is 6.27. The first kappa shape index (κ1) is 7.80. The number of nitrogens with zero attached hydrogens (tertiary/aromatic N) is 3. The Morgan fingerprint density at radius 3 is 2.62 bits per heavy atom. The highest BCUT2D eigenvalue weighted by molar-refractivity contribution is 6.28. The summed E-state index contributed by atoms with van der Waals surface area (Å²) in [4.78, 5) is 0. The summed E-state index contributed by atoms with van der Waals surface area (Å²) in [7, 11) is 0. The van der Waals surface area contributed by atoms with Crippen LogP contribution in [0.1, 0.15) is 44.0 Å². The zero-order valence-electron chi connectivity index (χ0n) is 7.57. The van der Waals surface area contributed by atoms with Crippen LogP contribution >= 0.6 is 11.6 Å². The van der Waals surface area contributed by atoms with Gasteiger partial charge in [0.1, 0.15) is 5.82 Å². The normalized spacial score (nSPS) is 32.2. The molecule has 1 aromatic heterocycles. The van der Waals surface area contributed by atoms with Crippen molar-refractivity contribution in [3.8, 4) is 0 Å². The monoisotopic (exact) mass is 197 g/mol. The molecule has 2 aliphatic rings. The summed E-state index contributed by atoms with van der Waals surface area (Å²) in [5.41, 5.74) is 0. The highest BCUT2D eigenvalue weighted by Gasteiger charge is 2.40. The topological polar surface area (TPSA) is 30.7 Å². The van der Waals surface area contributed by atoms with E-state index in [1.807, 2.05) is 0 Å². The van der Waals surface area contributed by atoms with Gasteiger partial charge in [0.15, 0.2) is 0 Å². The van der Waals surface area contributed by atoms with E-state index in [0.717, 1.165) is 11.7 Å². The molecule has 2 unspecified atom stereocenters. The van der Waals surface area contributed by atoms with Gasteiger partial charge in [-0.3, -0.25) is 4.57 Å². The van der Waals surface area contributed by atoms with Gasteiger partial charge in [-0.15, -0.1) is 10.2 Å². The van der Waals surface area contributed by atoms with Crippen LogP contribution in [0.5, 0.6) is 0 Å². The van der Waals surface area contributed by atoms with Gasteiger partial charge in [-0.05, 0) is 36.8 Å². The van der Waals surface area contributed by atoms with Crippen molar-refractivity contribution in [2.75, 3.05) is 0 Å². The largest absolute Gasteiger partial charge is 0.298 e. The molecule has 3 nitrogen and oxygen atoms in total. The molecule has 0 amide bonds. The number of hydrogen-bond acceptors (Lipinski definition) is 2. The molecule has 3 rings (SSSR count). The lowest BCUT2D eigenvalue weighted by molar-refractivity contribution is 0.643. The molecule has 2 atom stereocenters. The molecule has 2 saturated carbocycles. The Morgan fingerprint density at radius 2 is 2.08 bits per heavy atom. The van der Waals surface area contributed by atoms with E-state index < -0.39 is 0 Å². The minimum Gasteiger partial charge on any atom is -0.298 e. The van der Waals surface area contributed by atoms with Crippen molar-refractivity contribution < 1.29 is 0 Å². The standard InChI is InChI=1S/C9H12ClN3/c1-5-4-7(5)13-8(6-2-3-6)11-12-9(13)10/h5-7H,2-4H2,1H3. The summed E-state index contributed by atoms with van der Waals surface area (Å²) in [6, 6.07) is 0.582. The summed E-state index contributed by atoms with van der Waals surface area (Å²) in [5, 5.41) is 8.69. The van der Waals surface area contributed by atoms with Gasteiger partial charge in [-0.1, -0.05) is 6.92 Å². The molecule has 0 saturated heterocycles. The van der Waals surface area contributed by atoms with E-state index in [-0.39, 0.29) is 0 Å². The zero-order chi connectivity index (χ0) is 9.00. The van der Waals surface area contributed by atoms with E-state index in [0.29, 0.717) is 17.2 Å². The summed E-state index contributed by atoms with van der Waals surface area (Å²) >= 11 is 6.01. The van der Waals surface area contributed by atoms with Crippen LogP contribution in [0, 0.1) is 5.92 Å². The van der Waals surface area contributed by atoms with E-state index in [4.69, 9.17) is 11.6 Å². The molecule has 0 bridgehead atoms. The maximum Gasteiger partial charge on any atom is 0.225 e. The first-order valence-corrected chi connectivity index (χ1v) is 5.25. The number of halogens is 1. The molecular weight excluding hydrogens is 186 g/mol. The average Bonchev–Trinajstić information content (AvgIpc) is 2.98. The van der Waals surface area contributed by atoms with Crippen molar-refractivity contribution in [3.05, 3.63) is 11.1 Å². The molecule has 0 radical (unpaired) electrons. The van der Waals surface area contributed by atoms with Gasteiger partial charge in [-0.25, -0.2) is 0 Å². The van der Waals surface area contributed by atoms with E-state index in [1.54, 1.807) is 0 Å². The van der Waals surface area contributed by atoms with Crippen LogP contribution in [-0.4, -0.2) is 14.8 Å². The highest BCUT2D eigenvalue weighted by Crippen LogP contribution is 2.48. The van der Waals surface area contributed by atoms with Gasteiger partial charge < -0.3 is 0 Å². The minimum atomic E-state index is 0.580. The number of aromatic nitrogens is 3. The molecule has 0 aromatic carbocycles. The molecular formula is C9H12ClN3.